The van der Waals surface area contributed by atoms with E-state index < -0.39 is 0 Å². The van der Waals surface area contributed by atoms with Gasteiger partial charge in [-0.2, -0.15) is 0 Å². The molecular weight excluding hydrogens is 212 g/mol. The summed E-state index contributed by atoms with van der Waals surface area (Å²) in [6, 6.07) is 8.39. The first-order valence-corrected chi connectivity index (χ1v) is 6.41. The van der Waals surface area contributed by atoms with E-state index in [2.05, 4.69) is 45.0 Å². The number of hydrogen-bond donors (Lipinski definition) is 0. The van der Waals surface area contributed by atoms with Crippen LogP contribution in [0.25, 0.3) is 0 Å². The molecule has 0 N–H and O–H groups in total. The van der Waals surface area contributed by atoms with E-state index in [-0.39, 0.29) is 11.5 Å². The molecule has 2 rings (SSSR count). The van der Waals surface area contributed by atoms with Crippen LogP contribution in [0.5, 0.6) is 5.75 Å². The van der Waals surface area contributed by atoms with E-state index >= 15 is 0 Å². The molecule has 0 radical (unpaired) electrons. The van der Waals surface area contributed by atoms with Crippen LogP contribution in [0.4, 0.5) is 0 Å². The van der Waals surface area contributed by atoms with Gasteiger partial charge >= 0.3 is 0 Å². The number of hydrogen-bond acceptors (Lipinski definition) is 2. The van der Waals surface area contributed by atoms with Crippen LogP contribution in [-0.4, -0.2) is 19.3 Å². The zero-order valence-corrected chi connectivity index (χ0v) is 11.0. The molecule has 0 bridgehead atoms. The summed E-state index contributed by atoms with van der Waals surface area (Å²) >= 11 is 0. The lowest BCUT2D eigenvalue weighted by Crippen LogP contribution is -2.16. The summed E-state index contributed by atoms with van der Waals surface area (Å²) in [5.74, 6) is 0.938. The second-order valence-corrected chi connectivity index (χ2v) is 5.72. The molecule has 0 aliphatic carbocycles. The lowest BCUT2D eigenvalue weighted by Gasteiger charge is -2.19. The largest absolute Gasteiger partial charge is 0.491 e. The summed E-state index contributed by atoms with van der Waals surface area (Å²) < 4.78 is 11.3. The highest BCUT2D eigenvalue weighted by molar-refractivity contribution is 5.31. The minimum atomic E-state index is 0.201. The van der Waals surface area contributed by atoms with Crippen LogP contribution in [0.1, 0.15) is 39.2 Å². The highest BCUT2D eigenvalue weighted by Gasteiger charge is 2.16. The van der Waals surface area contributed by atoms with E-state index in [1.54, 1.807) is 0 Å². The van der Waals surface area contributed by atoms with Gasteiger partial charge in [-0.25, -0.2) is 0 Å². The highest BCUT2D eigenvalue weighted by atomic mass is 16.5. The van der Waals surface area contributed by atoms with Crippen molar-refractivity contribution < 1.29 is 9.47 Å². The van der Waals surface area contributed by atoms with Gasteiger partial charge in [0.25, 0.3) is 0 Å². The number of benzene rings is 1. The Balaban J connectivity index is 1.89. The Kier molecular flexibility index (Phi) is 3.72. The van der Waals surface area contributed by atoms with Gasteiger partial charge in [0.05, 0.1) is 6.10 Å². The molecule has 0 aromatic heterocycles. The Bertz CT molecular complexity index is 342. The standard InChI is InChI=1S/C15H22O2/c1-15(2,3)12-6-8-13(9-7-12)17-11-14-5-4-10-16-14/h6-9,14H,4-5,10-11H2,1-3H3/t14-/m1/s1. The lowest BCUT2D eigenvalue weighted by atomic mass is 9.87. The van der Waals surface area contributed by atoms with E-state index in [0.29, 0.717) is 6.61 Å². The van der Waals surface area contributed by atoms with Gasteiger partial charge in [-0.3, -0.25) is 0 Å². The fraction of sp³-hybridized carbons (Fsp3) is 0.600. The average Bonchev–Trinajstić information content (AvgIpc) is 2.78. The molecule has 1 saturated heterocycles. The quantitative estimate of drug-likeness (QED) is 0.796. The van der Waals surface area contributed by atoms with Crippen molar-refractivity contribution in [2.45, 2.75) is 45.1 Å². The molecule has 0 amide bonds. The van der Waals surface area contributed by atoms with Crippen LogP contribution in [0.2, 0.25) is 0 Å². The molecular formula is C15H22O2. The SMILES string of the molecule is CC(C)(C)c1ccc(OC[C@H]2CCCO2)cc1. The van der Waals surface area contributed by atoms with Crippen molar-refractivity contribution in [3.8, 4) is 5.75 Å². The third kappa shape index (κ3) is 3.47. The molecule has 1 heterocycles. The first-order chi connectivity index (χ1) is 8.05. The summed E-state index contributed by atoms with van der Waals surface area (Å²) in [5.41, 5.74) is 1.54. The Hall–Kier alpha value is -1.02. The molecule has 1 aromatic rings. The van der Waals surface area contributed by atoms with Gasteiger partial charge in [-0.05, 0) is 36.0 Å². The molecule has 1 aliphatic heterocycles. The molecule has 1 aliphatic rings. The second-order valence-electron chi connectivity index (χ2n) is 5.72. The van der Waals surface area contributed by atoms with E-state index in [1.807, 2.05) is 0 Å². The molecule has 2 nitrogen and oxygen atoms in total. The van der Waals surface area contributed by atoms with Crippen molar-refractivity contribution in [1.82, 2.24) is 0 Å². The van der Waals surface area contributed by atoms with Gasteiger partial charge in [0.2, 0.25) is 0 Å². The van der Waals surface area contributed by atoms with E-state index in [1.165, 1.54) is 5.56 Å². The zero-order chi connectivity index (χ0) is 12.3. The maximum atomic E-state index is 5.73. The first-order valence-electron chi connectivity index (χ1n) is 6.41. The first kappa shape index (κ1) is 12.4. The molecule has 0 unspecified atom stereocenters. The lowest BCUT2D eigenvalue weighted by molar-refractivity contribution is 0.0679. The molecule has 1 atom stereocenters. The minimum absolute atomic E-state index is 0.201. The Morgan fingerprint density at radius 1 is 1.24 bits per heavy atom. The summed E-state index contributed by atoms with van der Waals surface area (Å²) in [6.07, 6.45) is 2.58. The van der Waals surface area contributed by atoms with Gasteiger partial charge in [0, 0.05) is 6.61 Å². The second kappa shape index (κ2) is 5.09. The maximum Gasteiger partial charge on any atom is 0.119 e. The Morgan fingerprint density at radius 3 is 2.47 bits per heavy atom. The molecule has 0 spiro atoms. The Labute approximate surface area is 104 Å². The summed E-state index contributed by atoms with van der Waals surface area (Å²) in [7, 11) is 0. The van der Waals surface area contributed by atoms with Crippen LogP contribution in [0.3, 0.4) is 0 Å². The van der Waals surface area contributed by atoms with E-state index in [0.717, 1.165) is 25.2 Å². The normalized spacial score (nSPS) is 20.5. The topological polar surface area (TPSA) is 18.5 Å². The monoisotopic (exact) mass is 234 g/mol. The van der Waals surface area contributed by atoms with Gasteiger partial charge in [0.15, 0.2) is 0 Å². The fourth-order valence-corrected chi connectivity index (χ4v) is 2.02. The van der Waals surface area contributed by atoms with Crippen molar-refractivity contribution in [1.29, 1.82) is 0 Å². The van der Waals surface area contributed by atoms with Crippen LogP contribution < -0.4 is 4.74 Å². The molecule has 17 heavy (non-hydrogen) atoms. The van der Waals surface area contributed by atoms with Crippen molar-refractivity contribution >= 4 is 0 Å². The molecule has 94 valence electrons. The Morgan fingerprint density at radius 2 is 1.94 bits per heavy atom. The van der Waals surface area contributed by atoms with Crippen LogP contribution in [-0.2, 0) is 10.2 Å². The molecule has 0 saturated carbocycles. The van der Waals surface area contributed by atoms with Crippen molar-refractivity contribution in [2.24, 2.45) is 0 Å². The third-order valence-corrected chi connectivity index (χ3v) is 3.18. The van der Waals surface area contributed by atoms with Crippen molar-refractivity contribution in [3.63, 3.8) is 0 Å². The fourth-order valence-electron chi connectivity index (χ4n) is 2.02. The molecule has 2 heteroatoms. The molecule has 1 aromatic carbocycles. The van der Waals surface area contributed by atoms with Crippen LogP contribution in [0.15, 0.2) is 24.3 Å². The van der Waals surface area contributed by atoms with Gasteiger partial charge in [-0.15, -0.1) is 0 Å². The van der Waals surface area contributed by atoms with E-state index in [9.17, 15) is 0 Å². The average molecular weight is 234 g/mol. The van der Waals surface area contributed by atoms with Crippen LogP contribution in [0, 0.1) is 0 Å². The third-order valence-electron chi connectivity index (χ3n) is 3.18. The van der Waals surface area contributed by atoms with Gasteiger partial charge in [-0.1, -0.05) is 32.9 Å². The molecule has 1 fully saturated rings. The zero-order valence-electron chi connectivity index (χ0n) is 11.0. The maximum absolute atomic E-state index is 5.73. The van der Waals surface area contributed by atoms with Crippen molar-refractivity contribution in [3.05, 3.63) is 29.8 Å². The van der Waals surface area contributed by atoms with Gasteiger partial charge in [0.1, 0.15) is 12.4 Å². The van der Waals surface area contributed by atoms with Gasteiger partial charge < -0.3 is 9.47 Å². The predicted molar refractivity (Wildman–Crippen MR) is 69.6 cm³/mol. The summed E-state index contributed by atoms with van der Waals surface area (Å²) in [5, 5.41) is 0. The smallest absolute Gasteiger partial charge is 0.119 e. The van der Waals surface area contributed by atoms with E-state index in [4.69, 9.17) is 9.47 Å². The minimum Gasteiger partial charge on any atom is -0.491 e. The predicted octanol–water partition coefficient (Wildman–Crippen LogP) is 3.54. The highest BCUT2D eigenvalue weighted by Crippen LogP contribution is 2.24. The summed E-state index contributed by atoms with van der Waals surface area (Å²) in [4.78, 5) is 0. The van der Waals surface area contributed by atoms with Crippen molar-refractivity contribution in [2.75, 3.05) is 13.2 Å². The number of rotatable bonds is 3. The van der Waals surface area contributed by atoms with Crippen LogP contribution >= 0.6 is 0 Å². The number of ether oxygens (including phenoxy) is 2. The summed E-state index contributed by atoms with van der Waals surface area (Å²) in [6.45, 7) is 8.21.